The molecule has 3 aromatic rings. The minimum absolute atomic E-state index is 0.0507. The molecule has 10 heteroatoms. The Morgan fingerprint density at radius 1 is 1.20 bits per heavy atom. The fourth-order valence-corrected chi connectivity index (χ4v) is 3.98. The van der Waals surface area contributed by atoms with Crippen molar-refractivity contribution in [1.29, 1.82) is 0 Å². The molecule has 2 aromatic carbocycles. The summed E-state index contributed by atoms with van der Waals surface area (Å²) < 4.78 is 11.7. The van der Waals surface area contributed by atoms with E-state index in [2.05, 4.69) is 10.3 Å². The normalized spacial score (nSPS) is 10.9. The maximum Gasteiger partial charge on any atom is 0.262 e. The Balaban J connectivity index is 1.80. The number of nitrogens with one attached hydrogen (secondary N) is 1. The van der Waals surface area contributed by atoms with E-state index in [1.807, 2.05) is 0 Å². The lowest BCUT2D eigenvalue weighted by Gasteiger charge is -2.13. The quantitative estimate of drug-likeness (QED) is 0.396. The van der Waals surface area contributed by atoms with Crippen molar-refractivity contribution < 1.29 is 14.3 Å². The van der Waals surface area contributed by atoms with Crippen LogP contribution in [-0.2, 0) is 16.1 Å². The Labute approximate surface area is 187 Å². The Hall–Kier alpha value is -2.26. The van der Waals surface area contributed by atoms with Crippen LogP contribution in [0.2, 0.25) is 10.0 Å². The summed E-state index contributed by atoms with van der Waals surface area (Å²) in [7, 11) is 3.07. The summed E-state index contributed by atoms with van der Waals surface area (Å²) in [4.78, 5) is 29.8. The number of rotatable bonds is 8. The van der Waals surface area contributed by atoms with Gasteiger partial charge in [-0.25, -0.2) is 4.98 Å². The van der Waals surface area contributed by atoms with Crippen LogP contribution in [0.3, 0.4) is 0 Å². The first kappa shape index (κ1) is 22.4. The van der Waals surface area contributed by atoms with E-state index in [0.29, 0.717) is 50.7 Å². The summed E-state index contributed by atoms with van der Waals surface area (Å²) in [5.74, 6) is 0.306. The van der Waals surface area contributed by atoms with Crippen LogP contribution in [0.25, 0.3) is 10.9 Å². The number of nitrogens with zero attached hydrogens (tertiary/aromatic N) is 2. The number of hydrogen-bond acceptors (Lipinski definition) is 6. The summed E-state index contributed by atoms with van der Waals surface area (Å²) in [6.45, 7) is 0.656. The summed E-state index contributed by atoms with van der Waals surface area (Å²) in [5.41, 5.74) is 0.811. The molecule has 3 rings (SSSR count). The molecule has 1 aromatic heterocycles. The molecule has 0 unspecified atom stereocenters. The minimum atomic E-state index is -0.264. The van der Waals surface area contributed by atoms with Crippen LogP contribution in [0, 0.1) is 0 Å². The van der Waals surface area contributed by atoms with Crippen LogP contribution >= 0.6 is 35.0 Å². The number of aromatic nitrogens is 2. The summed E-state index contributed by atoms with van der Waals surface area (Å²) in [5, 5.41) is 4.51. The molecule has 0 aliphatic rings. The number of thioether (sulfide) groups is 1. The smallest absolute Gasteiger partial charge is 0.262 e. The predicted molar refractivity (Wildman–Crippen MR) is 120 cm³/mol. The fraction of sp³-hybridized carbons (Fsp3) is 0.250. The fourth-order valence-electron chi connectivity index (χ4n) is 2.74. The molecule has 0 saturated heterocycles. The Morgan fingerprint density at radius 3 is 2.70 bits per heavy atom. The number of anilines is 1. The Bertz CT molecular complexity index is 1140. The first-order chi connectivity index (χ1) is 14.4. The van der Waals surface area contributed by atoms with Crippen molar-refractivity contribution in [3.05, 3.63) is 56.8 Å². The molecule has 158 valence electrons. The van der Waals surface area contributed by atoms with Crippen LogP contribution in [0.5, 0.6) is 5.75 Å². The largest absolute Gasteiger partial charge is 0.495 e. The van der Waals surface area contributed by atoms with Crippen molar-refractivity contribution in [1.82, 2.24) is 9.55 Å². The highest BCUT2D eigenvalue weighted by atomic mass is 35.5. The second kappa shape index (κ2) is 10.2. The second-order valence-corrected chi connectivity index (χ2v) is 7.98. The third-order valence-corrected chi connectivity index (χ3v) is 5.68. The molecule has 0 aliphatic carbocycles. The lowest BCUT2D eigenvalue weighted by atomic mass is 10.2. The summed E-state index contributed by atoms with van der Waals surface area (Å²) in [6.07, 6.45) is 0. The van der Waals surface area contributed by atoms with Crippen molar-refractivity contribution >= 4 is 57.5 Å². The van der Waals surface area contributed by atoms with Crippen LogP contribution in [0.4, 0.5) is 5.69 Å². The van der Waals surface area contributed by atoms with E-state index >= 15 is 0 Å². The van der Waals surface area contributed by atoms with Gasteiger partial charge in [0.15, 0.2) is 5.16 Å². The maximum atomic E-state index is 12.9. The van der Waals surface area contributed by atoms with Crippen molar-refractivity contribution in [3.63, 3.8) is 0 Å². The number of carbonyl (C=O) groups excluding carboxylic acids is 1. The first-order valence-electron chi connectivity index (χ1n) is 8.88. The van der Waals surface area contributed by atoms with Crippen molar-refractivity contribution in [3.8, 4) is 5.75 Å². The van der Waals surface area contributed by atoms with E-state index in [9.17, 15) is 9.59 Å². The zero-order valence-corrected chi connectivity index (χ0v) is 18.6. The molecule has 1 amide bonds. The van der Waals surface area contributed by atoms with Crippen molar-refractivity contribution in [2.24, 2.45) is 0 Å². The monoisotopic (exact) mass is 467 g/mol. The third kappa shape index (κ3) is 5.26. The van der Waals surface area contributed by atoms with Gasteiger partial charge in [-0.1, -0.05) is 35.0 Å². The number of methoxy groups -OCH3 is 2. The lowest BCUT2D eigenvalue weighted by molar-refractivity contribution is -0.113. The molecule has 0 bridgehead atoms. The van der Waals surface area contributed by atoms with Crippen LogP contribution < -0.4 is 15.6 Å². The molecule has 0 aliphatic heterocycles. The molecule has 0 spiro atoms. The lowest BCUT2D eigenvalue weighted by Crippen LogP contribution is -2.26. The van der Waals surface area contributed by atoms with Gasteiger partial charge >= 0.3 is 0 Å². The Morgan fingerprint density at radius 2 is 2.00 bits per heavy atom. The van der Waals surface area contributed by atoms with Crippen molar-refractivity contribution in [2.75, 3.05) is 31.9 Å². The highest BCUT2D eigenvalue weighted by molar-refractivity contribution is 7.99. The average molecular weight is 468 g/mol. The zero-order chi connectivity index (χ0) is 21.7. The molecule has 0 saturated carbocycles. The number of amides is 1. The van der Waals surface area contributed by atoms with Gasteiger partial charge < -0.3 is 14.8 Å². The standard InChI is InChI=1S/C20H19Cl2N3O4S/c1-28-8-7-25-19(27)14-5-3-12(21)9-16(14)24-20(25)30-11-18(26)23-13-4-6-17(29-2)15(22)10-13/h3-6,9-10H,7-8,11H2,1-2H3,(H,23,26). The number of halogens is 2. The van der Waals surface area contributed by atoms with E-state index in [-0.39, 0.29) is 17.2 Å². The van der Waals surface area contributed by atoms with Crippen molar-refractivity contribution in [2.45, 2.75) is 11.7 Å². The minimum Gasteiger partial charge on any atom is -0.495 e. The molecule has 1 heterocycles. The van der Waals surface area contributed by atoms with E-state index in [1.165, 1.54) is 11.7 Å². The van der Waals surface area contributed by atoms with Gasteiger partial charge in [0.2, 0.25) is 5.91 Å². The van der Waals surface area contributed by atoms with E-state index in [1.54, 1.807) is 43.5 Å². The van der Waals surface area contributed by atoms with E-state index in [0.717, 1.165) is 11.8 Å². The predicted octanol–water partition coefficient (Wildman–Crippen LogP) is 4.09. The van der Waals surface area contributed by atoms with Gasteiger partial charge in [-0.3, -0.25) is 14.2 Å². The number of fused-ring (bicyclic) bond motifs is 1. The molecular formula is C20H19Cl2N3O4S. The zero-order valence-electron chi connectivity index (χ0n) is 16.3. The van der Waals surface area contributed by atoms with Crippen LogP contribution in [-0.4, -0.2) is 42.0 Å². The average Bonchev–Trinajstić information content (AvgIpc) is 2.71. The molecule has 0 atom stereocenters. The van der Waals surface area contributed by atoms with Gasteiger partial charge in [0, 0.05) is 17.8 Å². The maximum absolute atomic E-state index is 12.9. The number of carbonyl (C=O) groups is 1. The number of benzene rings is 2. The number of ether oxygens (including phenoxy) is 2. The highest BCUT2D eigenvalue weighted by Gasteiger charge is 2.14. The second-order valence-electron chi connectivity index (χ2n) is 6.19. The Kier molecular flexibility index (Phi) is 7.60. The van der Waals surface area contributed by atoms with Gasteiger partial charge in [-0.2, -0.15) is 0 Å². The van der Waals surface area contributed by atoms with Gasteiger partial charge in [-0.15, -0.1) is 0 Å². The molecule has 0 radical (unpaired) electrons. The van der Waals surface area contributed by atoms with Gasteiger partial charge in [0.1, 0.15) is 5.75 Å². The van der Waals surface area contributed by atoms with Crippen LogP contribution in [0.1, 0.15) is 0 Å². The highest BCUT2D eigenvalue weighted by Crippen LogP contribution is 2.27. The van der Waals surface area contributed by atoms with E-state index < -0.39 is 0 Å². The summed E-state index contributed by atoms with van der Waals surface area (Å²) in [6, 6.07) is 9.88. The molecule has 1 N–H and O–H groups in total. The summed E-state index contributed by atoms with van der Waals surface area (Å²) >= 11 is 13.3. The third-order valence-electron chi connectivity index (χ3n) is 4.17. The van der Waals surface area contributed by atoms with Gasteiger partial charge in [-0.05, 0) is 36.4 Å². The molecule has 30 heavy (non-hydrogen) atoms. The molecular weight excluding hydrogens is 449 g/mol. The number of hydrogen-bond donors (Lipinski definition) is 1. The van der Waals surface area contributed by atoms with Gasteiger partial charge in [0.05, 0.1) is 41.9 Å². The molecule has 7 nitrogen and oxygen atoms in total. The van der Waals surface area contributed by atoms with Crippen LogP contribution in [0.15, 0.2) is 46.3 Å². The topological polar surface area (TPSA) is 82.4 Å². The first-order valence-corrected chi connectivity index (χ1v) is 10.6. The molecule has 0 fully saturated rings. The SMILES string of the molecule is COCCn1c(SCC(=O)Nc2ccc(OC)c(Cl)c2)nc2cc(Cl)ccc2c1=O. The van der Waals surface area contributed by atoms with E-state index in [4.69, 9.17) is 32.7 Å². The van der Waals surface area contributed by atoms with Gasteiger partial charge in [0.25, 0.3) is 5.56 Å².